The highest BCUT2D eigenvalue weighted by atomic mass is 79.9. The molecule has 3 N–H and O–H groups in total. The molecule has 0 aliphatic rings. The number of nitrogens with two attached hydrogens (primary N) is 1. The Bertz CT molecular complexity index is 518. The number of anilines is 1. The summed E-state index contributed by atoms with van der Waals surface area (Å²) in [4.78, 5) is 10.7. The number of carboxylic acids is 1. The lowest BCUT2D eigenvalue weighted by molar-refractivity contribution is 0.0666. The summed E-state index contributed by atoms with van der Waals surface area (Å²) in [6.07, 6.45) is 0. The average molecular weight is 256 g/mol. The molecule has 0 unspecified atom stereocenters. The Morgan fingerprint density at radius 1 is 1.50 bits per heavy atom. The summed E-state index contributed by atoms with van der Waals surface area (Å²) in [7, 11) is 0. The van der Waals surface area contributed by atoms with E-state index in [2.05, 4.69) is 15.9 Å². The molecule has 14 heavy (non-hydrogen) atoms. The molecular weight excluding hydrogens is 250 g/mol. The summed E-state index contributed by atoms with van der Waals surface area (Å²) in [5, 5.41) is 9.36. The SMILES string of the molecule is Nc1c(C(=O)O)oc2ccc(Br)cc12. The van der Waals surface area contributed by atoms with Crippen LogP contribution in [-0.2, 0) is 0 Å². The third-order valence-corrected chi connectivity index (χ3v) is 2.38. The molecule has 4 nitrogen and oxygen atoms in total. The van der Waals surface area contributed by atoms with Crippen LogP contribution in [0.1, 0.15) is 10.6 Å². The summed E-state index contributed by atoms with van der Waals surface area (Å²) < 4.78 is 5.90. The van der Waals surface area contributed by atoms with Crippen LogP contribution in [0.15, 0.2) is 27.1 Å². The molecule has 2 aromatic rings. The van der Waals surface area contributed by atoms with Crippen LogP contribution < -0.4 is 5.73 Å². The maximum absolute atomic E-state index is 10.7. The lowest BCUT2D eigenvalue weighted by atomic mass is 10.2. The Hall–Kier alpha value is -1.49. The fourth-order valence-electron chi connectivity index (χ4n) is 1.25. The Morgan fingerprint density at radius 3 is 2.86 bits per heavy atom. The first-order valence-corrected chi connectivity index (χ1v) is 4.59. The minimum atomic E-state index is -1.16. The van der Waals surface area contributed by atoms with Gasteiger partial charge in [-0.3, -0.25) is 0 Å². The van der Waals surface area contributed by atoms with E-state index in [0.717, 1.165) is 4.47 Å². The summed E-state index contributed by atoms with van der Waals surface area (Å²) >= 11 is 3.27. The minimum absolute atomic E-state index is 0.161. The smallest absolute Gasteiger partial charge is 0.374 e. The van der Waals surface area contributed by atoms with Gasteiger partial charge >= 0.3 is 5.97 Å². The minimum Gasteiger partial charge on any atom is -0.475 e. The predicted molar refractivity (Wildman–Crippen MR) is 55.3 cm³/mol. The van der Waals surface area contributed by atoms with Crippen LogP contribution in [0, 0.1) is 0 Å². The molecule has 0 aliphatic heterocycles. The van der Waals surface area contributed by atoms with E-state index in [1.807, 2.05) is 0 Å². The van der Waals surface area contributed by atoms with Gasteiger partial charge in [0.2, 0.25) is 5.76 Å². The molecule has 0 saturated carbocycles. The zero-order chi connectivity index (χ0) is 10.3. The van der Waals surface area contributed by atoms with Crippen LogP contribution in [0.3, 0.4) is 0 Å². The second-order valence-corrected chi connectivity index (χ2v) is 3.71. The van der Waals surface area contributed by atoms with Crippen molar-refractivity contribution in [1.29, 1.82) is 0 Å². The molecule has 1 aromatic heterocycles. The second-order valence-electron chi connectivity index (χ2n) is 2.79. The van der Waals surface area contributed by atoms with Crippen LogP contribution in [0.2, 0.25) is 0 Å². The standard InChI is InChI=1S/C9H6BrNO3/c10-4-1-2-6-5(3-4)7(11)8(14-6)9(12)13/h1-3H,11H2,(H,12,13). The molecule has 0 aliphatic carbocycles. The fourth-order valence-corrected chi connectivity index (χ4v) is 1.61. The molecule has 0 spiro atoms. The monoisotopic (exact) mass is 255 g/mol. The van der Waals surface area contributed by atoms with Crippen LogP contribution in [0.5, 0.6) is 0 Å². The first-order valence-electron chi connectivity index (χ1n) is 3.80. The lowest BCUT2D eigenvalue weighted by Gasteiger charge is -1.90. The number of hydrogen-bond donors (Lipinski definition) is 2. The number of rotatable bonds is 1. The summed E-state index contributed by atoms with van der Waals surface area (Å²) in [5.74, 6) is -1.37. The molecule has 0 atom stereocenters. The molecule has 0 amide bonds. The molecule has 2 rings (SSSR count). The van der Waals surface area contributed by atoms with E-state index in [1.54, 1.807) is 18.2 Å². The Kier molecular flexibility index (Phi) is 1.96. The highest BCUT2D eigenvalue weighted by molar-refractivity contribution is 9.10. The van der Waals surface area contributed by atoms with Crippen molar-refractivity contribution in [2.75, 3.05) is 5.73 Å². The summed E-state index contributed by atoms with van der Waals surface area (Å²) in [5.41, 5.74) is 6.25. The van der Waals surface area contributed by atoms with Crippen molar-refractivity contribution in [3.63, 3.8) is 0 Å². The van der Waals surface area contributed by atoms with Gasteiger partial charge in [-0.05, 0) is 18.2 Å². The molecule has 0 radical (unpaired) electrons. The van der Waals surface area contributed by atoms with E-state index in [1.165, 1.54) is 0 Å². The van der Waals surface area contributed by atoms with Crippen LogP contribution in [0.25, 0.3) is 11.0 Å². The Balaban J connectivity index is 2.80. The largest absolute Gasteiger partial charge is 0.475 e. The van der Waals surface area contributed by atoms with Crippen molar-refractivity contribution in [3.8, 4) is 0 Å². The number of nitrogen functional groups attached to an aromatic ring is 1. The third-order valence-electron chi connectivity index (χ3n) is 1.88. The van der Waals surface area contributed by atoms with Gasteiger partial charge in [0.15, 0.2) is 0 Å². The Labute approximate surface area is 87.4 Å². The number of fused-ring (bicyclic) bond motifs is 1. The van der Waals surface area contributed by atoms with Crippen LogP contribution in [-0.4, -0.2) is 11.1 Å². The normalized spacial score (nSPS) is 10.6. The maximum Gasteiger partial charge on any atom is 0.374 e. The lowest BCUT2D eigenvalue weighted by Crippen LogP contribution is -1.98. The van der Waals surface area contributed by atoms with Gasteiger partial charge in [0.25, 0.3) is 0 Å². The molecular formula is C9H6BrNO3. The topological polar surface area (TPSA) is 76.5 Å². The van der Waals surface area contributed by atoms with Gasteiger partial charge in [-0.15, -0.1) is 0 Å². The van der Waals surface area contributed by atoms with E-state index in [4.69, 9.17) is 15.3 Å². The van der Waals surface area contributed by atoms with Gasteiger partial charge in [-0.25, -0.2) is 4.79 Å². The highest BCUT2D eigenvalue weighted by Crippen LogP contribution is 2.30. The molecule has 1 aromatic carbocycles. The zero-order valence-corrected chi connectivity index (χ0v) is 8.54. The number of benzene rings is 1. The summed E-state index contributed by atoms with van der Waals surface area (Å²) in [6, 6.07) is 5.15. The van der Waals surface area contributed by atoms with E-state index in [0.29, 0.717) is 11.0 Å². The van der Waals surface area contributed by atoms with Gasteiger partial charge in [-0.1, -0.05) is 15.9 Å². The van der Waals surface area contributed by atoms with Crippen molar-refractivity contribution in [2.45, 2.75) is 0 Å². The average Bonchev–Trinajstić information content (AvgIpc) is 2.44. The van der Waals surface area contributed by atoms with Gasteiger partial charge < -0.3 is 15.3 Å². The van der Waals surface area contributed by atoms with E-state index < -0.39 is 5.97 Å². The van der Waals surface area contributed by atoms with Crippen LogP contribution in [0.4, 0.5) is 5.69 Å². The van der Waals surface area contributed by atoms with Crippen molar-refractivity contribution >= 4 is 38.6 Å². The first kappa shape index (κ1) is 9.08. The first-order chi connectivity index (χ1) is 6.59. The molecule has 0 bridgehead atoms. The number of halogens is 1. The number of hydrogen-bond acceptors (Lipinski definition) is 3. The van der Waals surface area contributed by atoms with E-state index in [9.17, 15) is 4.79 Å². The molecule has 1 heterocycles. The predicted octanol–water partition coefficient (Wildman–Crippen LogP) is 2.48. The molecule has 72 valence electrons. The van der Waals surface area contributed by atoms with Crippen molar-refractivity contribution in [2.24, 2.45) is 0 Å². The van der Waals surface area contributed by atoms with E-state index >= 15 is 0 Å². The van der Waals surface area contributed by atoms with E-state index in [-0.39, 0.29) is 11.4 Å². The summed E-state index contributed by atoms with van der Waals surface area (Å²) in [6.45, 7) is 0. The fraction of sp³-hybridized carbons (Fsp3) is 0. The van der Waals surface area contributed by atoms with Crippen molar-refractivity contribution in [3.05, 3.63) is 28.4 Å². The third kappa shape index (κ3) is 1.26. The number of furan rings is 1. The van der Waals surface area contributed by atoms with Gasteiger partial charge in [0, 0.05) is 9.86 Å². The van der Waals surface area contributed by atoms with Crippen molar-refractivity contribution in [1.82, 2.24) is 0 Å². The van der Waals surface area contributed by atoms with Crippen LogP contribution >= 0.6 is 15.9 Å². The van der Waals surface area contributed by atoms with Gasteiger partial charge in [-0.2, -0.15) is 0 Å². The zero-order valence-electron chi connectivity index (χ0n) is 6.95. The van der Waals surface area contributed by atoms with Gasteiger partial charge in [0.05, 0.1) is 5.69 Å². The quantitative estimate of drug-likeness (QED) is 0.821. The maximum atomic E-state index is 10.7. The number of carbonyl (C=O) groups is 1. The van der Waals surface area contributed by atoms with Gasteiger partial charge in [0.1, 0.15) is 5.58 Å². The molecule has 0 saturated heterocycles. The number of aromatic carboxylic acids is 1. The van der Waals surface area contributed by atoms with Crippen molar-refractivity contribution < 1.29 is 14.3 Å². The molecule has 0 fully saturated rings. The Morgan fingerprint density at radius 2 is 2.21 bits per heavy atom. The highest BCUT2D eigenvalue weighted by Gasteiger charge is 2.17. The molecule has 5 heteroatoms. The second kappa shape index (κ2) is 3.02. The number of carboxylic acid groups (broad SMARTS) is 1.